The maximum Gasteiger partial charge on any atom is 0.391 e. The minimum absolute atomic E-state index is 0.0744. The molecule has 0 aliphatic heterocycles. The molecule has 1 N–H and O–H groups in total. The van der Waals surface area contributed by atoms with E-state index in [1.54, 1.807) is 0 Å². The zero-order valence-electron chi connectivity index (χ0n) is 7.82. The van der Waals surface area contributed by atoms with Gasteiger partial charge in [0.1, 0.15) is 0 Å². The smallest absolute Gasteiger partial charge is 0.314 e. The highest BCUT2D eigenvalue weighted by molar-refractivity contribution is 4.81. The first-order valence-corrected chi connectivity index (χ1v) is 4.84. The van der Waals surface area contributed by atoms with Crippen LogP contribution in [0.1, 0.15) is 32.6 Å². The highest BCUT2D eigenvalue weighted by Crippen LogP contribution is 2.37. The third kappa shape index (κ3) is 3.18. The Hall–Kier alpha value is -0.250. The van der Waals surface area contributed by atoms with Crippen LogP contribution in [0.5, 0.6) is 0 Å². The van der Waals surface area contributed by atoms with Crippen LogP contribution in [-0.2, 0) is 0 Å². The van der Waals surface area contributed by atoms with Crippen LogP contribution in [0.4, 0.5) is 13.2 Å². The lowest BCUT2D eigenvalue weighted by molar-refractivity contribution is -0.183. The van der Waals surface area contributed by atoms with Crippen LogP contribution in [0.25, 0.3) is 0 Å². The summed E-state index contributed by atoms with van der Waals surface area (Å²) in [6.45, 7) is 2.69. The fourth-order valence-electron chi connectivity index (χ4n) is 1.96. The van der Waals surface area contributed by atoms with Gasteiger partial charge in [-0.2, -0.15) is 13.2 Å². The number of rotatable bonds is 2. The zero-order chi connectivity index (χ0) is 9.90. The van der Waals surface area contributed by atoms with Crippen LogP contribution in [0, 0.1) is 5.92 Å². The fraction of sp³-hybridized carbons (Fsp3) is 1.00. The second kappa shape index (κ2) is 4.31. The summed E-state index contributed by atoms with van der Waals surface area (Å²) in [5, 5.41) is 3.09. The van der Waals surface area contributed by atoms with Crippen molar-refractivity contribution in [2.75, 3.05) is 6.54 Å². The van der Waals surface area contributed by atoms with E-state index in [0.717, 1.165) is 13.0 Å². The van der Waals surface area contributed by atoms with Gasteiger partial charge in [-0.05, 0) is 25.8 Å². The minimum Gasteiger partial charge on any atom is -0.314 e. The Morgan fingerprint density at radius 2 is 2.00 bits per heavy atom. The minimum atomic E-state index is -3.99. The molecule has 0 amide bonds. The molecule has 0 saturated heterocycles. The van der Waals surface area contributed by atoms with Gasteiger partial charge in [-0.25, -0.2) is 0 Å². The van der Waals surface area contributed by atoms with Gasteiger partial charge in [0.25, 0.3) is 0 Å². The molecule has 1 nitrogen and oxygen atoms in total. The number of nitrogens with one attached hydrogen (secondary N) is 1. The standard InChI is InChI=1S/C9H16F3N/c1-2-13-8-5-3-4-7(6-8)9(10,11)12/h7-8,13H,2-6H2,1H3. The highest BCUT2D eigenvalue weighted by atomic mass is 19.4. The Balaban J connectivity index is 2.42. The highest BCUT2D eigenvalue weighted by Gasteiger charge is 2.41. The molecule has 1 aliphatic rings. The SMILES string of the molecule is CCNC1CCCC(C(F)(F)F)C1. The van der Waals surface area contributed by atoms with Crippen LogP contribution < -0.4 is 5.32 Å². The topological polar surface area (TPSA) is 12.0 Å². The van der Waals surface area contributed by atoms with Crippen molar-refractivity contribution in [2.24, 2.45) is 5.92 Å². The van der Waals surface area contributed by atoms with E-state index in [1.807, 2.05) is 6.92 Å². The van der Waals surface area contributed by atoms with Crippen molar-refractivity contribution in [3.63, 3.8) is 0 Å². The number of halogens is 3. The van der Waals surface area contributed by atoms with E-state index in [9.17, 15) is 13.2 Å². The van der Waals surface area contributed by atoms with Gasteiger partial charge in [-0.1, -0.05) is 13.3 Å². The Kier molecular flexibility index (Phi) is 3.59. The first-order valence-electron chi connectivity index (χ1n) is 4.84. The molecule has 0 spiro atoms. The molecule has 1 fully saturated rings. The molecular formula is C9H16F3N. The molecule has 4 heteroatoms. The van der Waals surface area contributed by atoms with Crippen molar-refractivity contribution in [1.29, 1.82) is 0 Å². The molecule has 1 aliphatic carbocycles. The van der Waals surface area contributed by atoms with E-state index in [-0.39, 0.29) is 12.5 Å². The predicted molar refractivity (Wildman–Crippen MR) is 45.5 cm³/mol. The molecule has 2 unspecified atom stereocenters. The lowest BCUT2D eigenvalue weighted by Gasteiger charge is -2.30. The van der Waals surface area contributed by atoms with Gasteiger partial charge in [0.2, 0.25) is 0 Å². The molecule has 1 saturated carbocycles. The van der Waals surface area contributed by atoms with E-state index in [1.165, 1.54) is 0 Å². The van der Waals surface area contributed by atoms with Crippen LogP contribution in [0.15, 0.2) is 0 Å². The largest absolute Gasteiger partial charge is 0.391 e. The van der Waals surface area contributed by atoms with Crippen molar-refractivity contribution in [3.05, 3.63) is 0 Å². The quantitative estimate of drug-likeness (QED) is 0.714. The van der Waals surface area contributed by atoms with Gasteiger partial charge < -0.3 is 5.32 Å². The molecule has 0 heterocycles. The Labute approximate surface area is 76.7 Å². The van der Waals surface area contributed by atoms with Crippen LogP contribution >= 0.6 is 0 Å². The summed E-state index contributed by atoms with van der Waals surface area (Å²) in [5.41, 5.74) is 0. The third-order valence-corrected chi connectivity index (χ3v) is 2.63. The van der Waals surface area contributed by atoms with E-state index < -0.39 is 12.1 Å². The van der Waals surface area contributed by atoms with Crippen molar-refractivity contribution >= 4 is 0 Å². The molecule has 0 bridgehead atoms. The van der Waals surface area contributed by atoms with E-state index >= 15 is 0 Å². The molecule has 13 heavy (non-hydrogen) atoms. The van der Waals surface area contributed by atoms with Crippen molar-refractivity contribution in [3.8, 4) is 0 Å². The lowest BCUT2D eigenvalue weighted by Crippen LogP contribution is -2.38. The monoisotopic (exact) mass is 195 g/mol. The summed E-state index contributed by atoms with van der Waals surface area (Å²) in [5.74, 6) is -1.08. The maximum atomic E-state index is 12.3. The second-order valence-electron chi connectivity index (χ2n) is 3.66. The molecule has 2 atom stereocenters. The summed E-state index contributed by atoms with van der Waals surface area (Å²) >= 11 is 0. The fourth-order valence-corrected chi connectivity index (χ4v) is 1.96. The van der Waals surface area contributed by atoms with Gasteiger partial charge in [-0.15, -0.1) is 0 Å². The first-order chi connectivity index (χ1) is 6.04. The Morgan fingerprint density at radius 1 is 1.31 bits per heavy atom. The van der Waals surface area contributed by atoms with Gasteiger partial charge in [-0.3, -0.25) is 0 Å². The summed E-state index contributed by atoms with van der Waals surface area (Å²) in [7, 11) is 0. The molecule has 0 radical (unpaired) electrons. The Bertz CT molecular complexity index is 153. The van der Waals surface area contributed by atoms with Gasteiger partial charge in [0, 0.05) is 6.04 Å². The van der Waals surface area contributed by atoms with Crippen molar-refractivity contribution < 1.29 is 13.2 Å². The van der Waals surface area contributed by atoms with Crippen molar-refractivity contribution in [1.82, 2.24) is 5.32 Å². The second-order valence-corrected chi connectivity index (χ2v) is 3.66. The predicted octanol–water partition coefficient (Wildman–Crippen LogP) is 2.72. The zero-order valence-corrected chi connectivity index (χ0v) is 7.82. The van der Waals surface area contributed by atoms with E-state index in [4.69, 9.17) is 0 Å². The Morgan fingerprint density at radius 3 is 2.54 bits per heavy atom. The van der Waals surface area contributed by atoms with Crippen LogP contribution in [0.3, 0.4) is 0 Å². The van der Waals surface area contributed by atoms with E-state index in [2.05, 4.69) is 5.32 Å². The number of hydrogen-bond acceptors (Lipinski definition) is 1. The van der Waals surface area contributed by atoms with Crippen LogP contribution in [0.2, 0.25) is 0 Å². The van der Waals surface area contributed by atoms with Crippen molar-refractivity contribution in [2.45, 2.75) is 44.8 Å². The first kappa shape index (κ1) is 10.8. The maximum absolute atomic E-state index is 12.3. The average molecular weight is 195 g/mol. The normalized spacial score (nSPS) is 30.5. The lowest BCUT2D eigenvalue weighted by atomic mass is 9.85. The number of hydrogen-bond donors (Lipinski definition) is 1. The van der Waals surface area contributed by atoms with Gasteiger partial charge in [0.05, 0.1) is 5.92 Å². The molecule has 0 aromatic rings. The van der Waals surface area contributed by atoms with E-state index in [0.29, 0.717) is 12.8 Å². The molecule has 1 rings (SSSR count). The third-order valence-electron chi connectivity index (χ3n) is 2.63. The molecule has 78 valence electrons. The average Bonchev–Trinajstić information content (AvgIpc) is 2.04. The molecular weight excluding hydrogens is 179 g/mol. The summed E-state index contributed by atoms with van der Waals surface area (Å²) in [4.78, 5) is 0. The molecule has 0 aromatic heterocycles. The summed E-state index contributed by atoms with van der Waals surface area (Å²) in [6, 6.07) is 0.0744. The summed E-state index contributed by atoms with van der Waals surface area (Å²) in [6.07, 6.45) is -1.83. The van der Waals surface area contributed by atoms with Gasteiger partial charge >= 0.3 is 6.18 Å². The molecule has 0 aromatic carbocycles. The number of alkyl halides is 3. The van der Waals surface area contributed by atoms with Gasteiger partial charge in [0.15, 0.2) is 0 Å². The van der Waals surface area contributed by atoms with Crippen LogP contribution in [-0.4, -0.2) is 18.8 Å². The summed E-state index contributed by atoms with van der Waals surface area (Å²) < 4.78 is 37.0.